The van der Waals surface area contributed by atoms with E-state index in [0.717, 1.165) is 22.0 Å². The highest BCUT2D eigenvalue weighted by atomic mass is 32.1. The van der Waals surface area contributed by atoms with Crippen molar-refractivity contribution < 1.29 is 4.92 Å². The number of hydrazone groups is 1. The molecule has 0 amide bonds. The Hall–Kier alpha value is -3.26. The second kappa shape index (κ2) is 7.10. The van der Waals surface area contributed by atoms with Gasteiger partial charge < -0.3 is 10.3 Å². The molecule has 0 bridgehead atoms. The van der Waals surface area contributed by atoms with Crippen LogP contribution in [-0.4, -0.2) is 20.8 Å². The molecular formula is C17H15N5O2S. The number of benzene rings is 2. The SMILES string of the molecule is NC(=S)NN=Cc1cn(Cc2ccc([N+](=O)[O-])cc2)c2ccccc12. The monoisotopic (exact) mass is 353 g/mol. The minimum atomic E-state index is -0.404. The van der Waals surface area contributed by atoms with Gasteiger partial charge in [0.2, 0.25) is 0 Å². The molecule has 8 heteroatoms. The largest absolute Gasteiger partial charge is 0.375 e. The molecular weight excluding hydrogens is 338 g/mol. The van der Waals surface area contributed by atoms with E-state index in [1.54, 1.807) is 18.3 Å². The van der Waals surface area contributed by atoms with E-state index >= 15 is 0 Å². The molecule has 0 saturated carbocycles. The summed E-state index contributed by atoms with van der Waals surface area (Å²) in [5.41, 5.74) is 10.9. The smallest absolute Gasteiger partial charge is 0.269 e. The van der Waals surface area contributed by atoms with Crippen molar-refractivity contribution in [1.82, 2.24) is 9.99 Å². The maximum Gasteiger partial charge on any atom is 0.269 e. The van der Waals surface area contributed by atoms with Crippen molar-refractivity contribution in [3.63, 3.8) is 0 Å². The third-order valence-electron chi connectivity index (χ3n) is 3.70. The summed E-state index contributed by atoms with van der Waals surface area (Å²) in [7, 11) is 0. The second-order valence-electron chi connectivity index (χ2n) is 5.39. The van der Waals surface area contributed by atoms with Crippen molar-refractivity contribution in [2.45, 2.75) is 6.54 Å². The van der Waals surface area contributed by atoms with Gasteiger partial charge in [-0.25, -0.2) is 0 Å². The van der Waals surface area contributed by atoms with Gasteiger partial charge in [-0.15, -0.1) is 0 Å². The summed E-state index contributed by atoms with van der Waals surface area (Å²) < 4.78 is 2.07. The fourth-order valence-corrected chi connectivity index (χ4v) is 2.65. The number of aromatic nitrogens is 1. The lowest BCUT2D eigenvalue weighted by atomic mass is 10.2. The summed E-state index contributed by atoms with van der Waals surface area (Å²) in [4.78, 5) is 10.4. The standard InChI is InChI=1S/C17H15N5O2S/c18-17(25)20-19-9-13-11-21(16-4-2-1-3-15(13)16)10-12-5-7-14(8-6-12)22(23)24/h1-9,11H,10H2,(H3,18,20,25). The van der Waals surface area contributed by atoms with Crippen molar-refractivity contribution in [3.8, 4) is 0 Å². The van der Waals surface area contributed by atoms with Gasteiger partial charge in [-0.3, -0.25) is 15.5 Å². The molecule has 2 aromatic carbocycles. The van der Waals surface area contributed by atoms with Crippen molar-refractivity contribution in [3.05, 3.63) is 76.0 Å². The van der Waals surface area contributed by atoms with E-state index in [2.05, 4.69) is 15.1 Å². The Morgan fingerprint density at radius 3 is 2.68 bits per heavy atom. The number of fused-ring (bicyclic) bond motifs is 1. The van der Waals surface area contributed by atoms with Crippen molar-refractivity contribution in [1.29, 1.82) is 0 Å². The Morgan fingerprint density at radius 2 is 2.00 bits per heavy atom. The maximum atomic E-state index is 10.8. The first-order valence-electron chi connectivity index (χ1n) is 7.44. The van der Waals surface area contributed by atoms with E-state index in [1.165, 1.54) is 12.1 Å². The van der Waals surface area contributed by atoms with Crippen LogP contribution in [-0.2, 0) is 6.54 Å². The fourth-order valence-electron chi connectivity index (χ4n) is 2.59. The highest BCUT2D eigenvalue weighted by molar-refractivity contribution is 7.80. The molecule has 0 fully saturated rings. The van der Waals surface area contributed by atoms with E-state index in [9.17, 15) is 10.1 Å². The number of para-hydroxylation sites is 1. The predicted octanol–water partition coefficient (Wildman–Crippen LogP) is 2.76. The first-order chi connectivity index (χ1) is 12.0. The van der Waals surface area contributed by atoms with Gasteiger partial charge in [-0.1, -0.05) is 30.3 Å². The Kier molecular flexibility index (Phi) is 4.71. The molecule has 0 saturated heterocycles. The van der Waals surface area contributed by atoms with Crippen molar-refractivity contribution >= 4 is 40.1 Å². The quantitative estimate of drug-likeness (QED) is 0.318. The van der Waals surface area contributed by atoms with Gasteiger partial charge in [-0.2, -0.15) is 5.10 Å². The molecule has 0 aliphatic rings. The van der Waals surface area contributed by atoms with Gasteiger partial charge in [0.05, 0.1) is 11.1 Å². The number of hydrogen-bond donors (Lipinski definition) is 2. The first-order valence-corrected chi connectivity index (χ1v) is 7.85. The number of nitrogens with two attached hydrogens (primary N) is 1. The van der Waals surface area contributed by atoms with E-state index in [4.69, 9.17) is 18.0 Å². The number of hydrogen-bond acceptors (Lipinski definition) is 4. The molecule has 1 aromatic heterocycles. The third kappa shape index (κ3) is 3.81. The summed E-state index contributed by atoms with van der Waals surface area (Å²) in [5.74, 6) is 0. The lowest BCUT2D eigenvalue weighted by molar-refractivity contribution is -0.384. The molecule has 0 radical (unpaired) electrons. The van der Waals surface area contributed by atoms with E-state index < -0.39 is 4.92 Å². The summed E-state index contributed by atoms with van der Waals surface area (Å²) in [6.07, 6.45) is 3.63. The van der Waals surface area contributed by atoms with Gasteiger partial charge >= 0.3 is 0 Å². The van der Waals surface area contributed by atoms with E-state index in [1.807, 2.05) is 30.5 Å². The number of thiocarbonyl (C=S) groups is 1. The number of nitrogens with one attached hydrogen (secondary N) is 1. The molecule has 0 aliphatic carbocycles. The van der Waals surface area contributed by atoms with Gasteiger partial charge in [-0.05, 0) is 23.8 Å². The normalized spacial score (nSPS) is 11.0. The highest BCUT2D eigenvalue weighted by Gasteiger charge is 2.08. The van der Waals surface area contributed by atoms with Crippen LogP contribution in [0.3, 0.4) is 0 Å². The predicted molar refractivity (Wildman–Crippen MR) is 102 cm³/mol. The summed E-state index contributed by atoms with van der Waals surface area (Å²) in [6, 6.07) is 14.5. The van der Waals surface area contributed by atoms with Crippen molar-refractivity contribution in [2.24, 2.45) is 10.8 Å². The van der Waals surface area contributed by atoms with Gasteiger partial charge in [0.25, 0.3) is 5.69 Å². The molecule has 3 rings (SSSR count). The lowest BCUT2D eigenvalue weighted by Crippen LogP contribution is -2.23. The Morgan fingerprint density at radius 1 is 1.28 bits per heavy atom. The molecule has 3 N–H and O–H groups in total. The maximum absolute atomic E-state index is 10.8. The molecule has 1 heterocycles. The molecule has 7 nitrogen and oxygen atoms in total. The zero-order valence-corrected chi connectivity index (χ0v) is 13.9. The zero-order valence-electron chi connectivity index (χ0n) is 13.1. The minimum absolute atomic E-state index is 0.0813. The van der Waals surface area contributed by atoms with Crippen molar-refractivity contribution in [2.75, 3.05) is 0 Å². The van der Waals surface area contributed by atoms with Crippen LogP contribution in [0.5, 0.6) is 0 Å². The Balaban J connectivity index is 1.92. The van der Waals surface area contributed by atoms with Crippen LogP contribution < -0.4 is 11.2 Å². The Labute approximate surface area is 148 Å². The Bertz CT molecular complexity index is 963. The molecule has 0 unspecified atom stereocenters. The third-order valence-corrected chi connectivity index (χ3v) is 3.79. The molecule has 0 atom stereocenters. The van der Waals surface area contributed by atoms with Crippen LogP contribution >= 0.6 is 12.2 Å². The van der Waals surface area contributed by atoms with Crippen LogP contribution in [0.25, 0.3) is 10.9 Å². The van der Waals surface area contributed by atoms with Gasteiger partial charge in [0.15, 0.2) is 5.11 Å². The van der Waals surface area contributed by atoms with Crippen LogP contribution in [0.4, 0.5) is 5.69 Å². The van der Waals surface area contributed by atoms with Gasteiger partial charge in [0, 0.05) is 41.3 Å². The average Bonchev–Trinajstić information content (AvgIpc) is 2.93. The topological polar surface area (TPSA) is 98.5 Å². The zero-order chi connectivity index (χ0) is 17.8. The van der Waals surface area contributed by atoms with E-state index in [0.29, 0.717) is 6.54 Å². The fraction of sp³-hybridized carbons (Fsp3) is 0.0588. The summed E-state index contributed by atoms with van der Waals surface area (Å²) in [6.45, 7) is 0.592. The van der Waals surface area contributed by atoms with Crippen LogP contribution in [0.1, 0.15) is 11.1 Å². The number of non-ortho nitro benzene ring substituents is 1. The van der Waals surface area contributed by atoms with Gasteiger partial charge in [0.1, 0.15) is 0 Å². The average molecular weight is 353 g/mol. The molecule has 3 aromatic rings. The minimum Gasteiger partial charge on any atom is -0.375 e. The first kappa shape index (κ1) is 16.6. The summed E-state index contributed by atoms with van der Waals surface area (Å²) in [5, 5.41) is 15.9. The number of nitro benzene ring substituents is 1. The second-order valence-corrected chi connectivity index (χ2v) is 5.83. The molecule has 126 valence electrons. The molecule has 25 heavy (non-hydrogen) atoms. The van der Waals surface area contributed by atoms with Crippen LogP contribution in [0.15, 0.2) is 59.8 Å². The molecule has 0 aliphatic heterocycles. The highest BCUT2D eigenvalue weighted by Crippen LogP contribution is 2.22. The number of rotatable bonds is 5. The number of nitrogens with zero attached hydrogens (tertiary/aromatic N) is 3. The van der Waals surface area contributed by atoms with Crippen LogP contribution in [0.2, 0.25) is 0 Å². The lowest BCUT2D eigenvalue weighted by Gasteiger charge is -2.05. The van der Waals surface area contributed by atoms with Crippen LogP contribution in [0, 0.1) is 10.1 Å². The van der Waals surface area contributed by atoms with E-state index in [-0.39, 0.29) is 10.8 Å². The molecule has 0 spiro atoms. The summed E-state index contributed by atoms with van der Waals surface area (Å²) >= 11 is 4.73. The number of nitro groups is 1.